The van der Waals surface area contributed by atoms with Crippen molar-refractivity contribution in [2.75, 3.05) is 6.54 Å². The number of sulfonamides is 1. The van der Waals surface area contributed by atoms with Gasteiger partial charge in [-0.05, 0) is 55.5 Å². The van der Waals surface area contributed by atoms with Crippen molar-refractivity contribution in [1.82, 2.24) is 4.31 Å². The van der Waals surface area contributed by atoms with Gasteiger partial charge in [-0.3, -0.25) is 9.59 Å². The predicted octanol–water partition coefficient (Wildman–Crippen LogP) is 1.92. The first-order valence-electron chi connectivity index (χ1n) is 6.72. The van der Waals surface area contributed by atoms with E-state index in [9.17, 15) is 18.0 Å². The Labute approximate surface area is 133 Å². The Morgan fingerprint density at radius 1 is 1.32 bits per heavy atom. The number of carbonyl (C=O) groups excluding carboxylic acids is 1. The maximum Gasteiger partial charge on any atom is 0.322 e. The van der Waals surface area contributed by atoms with E-state index >= 15 is 0 Å². The Morgan fingerprint density at radius 3 is 2.50 bits per heavy atom. The molecule has 1 saturated heterocycles. The highest BCUT2D eigenvalue weighted by Gasteiger charge is 2.40. The molecule has 0 unspecified atom stereocenters. The van der Waals surface area contributed by atoms with Gasteiger partial charge in [-0.2, -0.15) is 4.31 Å². The van der Waals surface area contributed by atoms with Crippen molar-refractivity contribution in [3.63, 3.8) is 0 Å². The molecular formula is C14H16ClNO5S. The first kappa shape index (κ1) is 16.9. The third-order valence-corrected chi connectivity index (χ3v) is 6.14. The number of carboxylic acids is 1. The van der Waals surface area contributed by atoms with Crippen molar-refractivity contribution in [3.05, 3.63) is 28.8 Å². The Bertz CT molecular complexity index is 744. The van der Waals surface area contributed by atoms with Crippen molar-refractivity contribution < 1.29 is 23.1 Å². The first-order valence-corrected chi connectivity index (χ1v) is 8.54. The van der Waals surface area contributed by atoms with E-state index in [1.165, 1.54) is 19.1 Å². The lowest BCUT2D eigenvalue weighted by atomic mass is 10.0. The molecular weight excluding hydrogens is 330 g/mol. The molecule has 1 aromatic carbocycles. The van der Waals surface area contributed by atoms with Gasteiger partial charge < -0.3 is 5.11 Å². The van der Waals surface area contributed by atoms with Crippen LogP contribution in [0, 0.1) is 13.8 Å². The predicted molar refractivity (Wildman–Crippen MR) is 80.6 cm³/mol. The summed E-state index contributed by atoms with van der Waals surface area (Å²) in [7, 11) is -3.99. The lowest BCUT2D eigenvalue weighted by molar-refractivity contribution is -0.140. The number of carbonyl (C=O) groups is 2. The fraction of sp³-hybridized carbons (Fsp3) is 0.429. The van der Waals surface area contributed by atoms with Gasteiger partial charge >= 0.3 is 5.97 Å². The van der Waals surface area contributed by atoms with E-state index in [2.05, 4.69) is 0 Å². The molecule has 1 aromatic rings. The molecule has 1 aliphatic heterocycles. The van der Waals surface area contributed by atoms with Crippen molar-refractivity contribution >= 4 is 32.8 Å². The zero-order valence-corrected chi connectivity index (χ0v) is 13.7. The fourth-order valence-electron chi connectivity index (χ4n) is 2.81. The Morgan fingerprint density at radius 2 is 1.95 bits per heavy atom. The number of aliphatic carboxylic acids is 1. The van der Waals surface area contributed by atoms with E-state index in [0.717, 1.165) is 4.31 Å². The minimum Gasteiger partial charge on any atom is -0.480 e. The molecule has 1 aliphatic rings. The smallest absolute Gasteiger partial charge is 0.322 e. The summed E-state index contributed by atoms with van der Waals surface area (Å²) < 4.78 is 26.5. The molecule has 8 heteroatoms. The summed E-state index contributed by atoms with van der Waals surface area (Å²) in [4.78, 5) is 22.7. The minimum absolute atomic E-state index is 0.0738. The number of benzene rings is 1. The van der Waals surface area contributed by atoms with Gasteiger partial charge in [0.25, 0.3) is 5.24 Å². The summed E-state index contributed by atoms with van der Waals surface area (Å²) in [5, 5.41) is 8.44. The molecule has 0 aliphatic carbocycles. The molecule has 0 saturated carbocycles. The van der Waals surface area contributed by atoms with Crippen LogP contribution in [0.3, 0.4) is 0 Å². The minimum atomic E-state index is -3.99. The second-order valence-corrected chi connectivity index (χ2v) is 7.47. The average Bonchev–Trinajstić information content (AvgIpc) is 2.87. The van der Waals surface area contributed by atoms with Gasteiger partial charge in [0.15, 0.2) is 0 Å². The molecule has 1 N–H and O–H groups in total. The van der Waals surface area contributed by atoms with Crippen LogP contribution in [0.15, 0.2) is 17.0 Å². The summed E-state index contributed by atoms with van der Waals surface area (Å²) in [6, 6.07) is 1.82. The number of hydrogen-bond acceptors (Lipinski definition) is 4. The molecule has 0 bridgehead atoms. The van der Waals surface area contributed by atoms with Crippen LogP contribution in [0.4, 0.5) is 0 Å². The summed E-state index contributed by atoms with van der Waals surface area (Å²) in [6.45, 7) is 3.31. The monoisotopic (exact) mass is 345 g/mol. The van der Waals surface area contributed by atoms with Crippen molar-refractivity contribution in [1.29, 1.82) is 0 Å². The van der Waals surface area contributed by atoms with Crippen LogP contribution in [0.25, 0.3) is 0 Å². The lowest BCUT2D eigenvalue weighted by Crippen LogP contribution is -2.40. The molecule has 2 rings (SSSR count). The molecule has 0 spiro atoms. The van der Waals surface area contributed by atoms with E-state index in [1.54, 1.807) is 6.92 Å². The van der Waals surface area contributed by atoms with Crippen LogP contribution in [0.2, 0.25) is 0 Å². The largest absolute Gasteiger partial charge is 0.480 e. The van der Waals surface area contributed by atoms with E-state index in [1.807, 2.05) is 0 Å². The van der Waals surface area contributed by atoms with Gasteiger partial charge in [-0.15, -0.1) is 0 Å². The van der Waals surface area contributed by atoms with E-state index in [4.69, 9.17) is 16.7 Å². The zero-order valence-electron chi connectivity index (χ0n) is 12.2. The topological polar surface area (TPSA) is 91.8 Å². The molecule has 0 radical (unpaired) electrons. The van der Waals surface area contributed by atoms with Crippen molar-refractivity contribution in [2.45, 2.75) is 37.6 Å². The van der Waals surface area contributed by atoms with Crippen molar-refractivity contribution in [3.8, 4) is 0 Å². The second-order valence-electron chi connectivity index (χ2n) is 5.27. The quantitative estimate of drug-likeness (QED) is 0.842. The van der Waals surface area contributed by atoms with Gasteiger partial charge in [-0.25, -0.2) is 8.42 Å². The highest BCUT2D eigenvalue weighted by Crippen LogP contribution is 2.30. The maximum atomic E-state index is 12.8. The molecule has 1 fully saturated rings. The van der Waals surface area contributed by atoms with E-state index in [-0.39, 0.29) is 29.0 Å². The molecule has 1 heterocycles. The van der Waals surface area contributed by atoms with Gasteiger partial charge in [0.05, 0.1) is 4.90 Å². The van der Waals surface area contributed by atoms with Crippen molar-refractivity contribution in [2.24, 2.45) is 0 Å². The van der Waals surface area contributed by atoms with Crippen LogP contribution >= 0.6 is 11.6 Å². The van der Waals surface area contributed by atoms with Crippen LogP contribution in [0.1, 0.15) is 34.3 Å². The SMILES string of the molecule is Cc1ccc(S(=O)(=O)N2CCC[C@H]2C(=O)O)c(C)c1C(=O)Cl. The molecule has 6 nitrogen and oxygen atoms in total. The van der Waals surface area contributed by atoms with Crippen LogP contribution in [-0.2, 0) is 14.8 Å². The highest BCUT2D eigenvalue weighted by molar-refractivity contribution is 7.89. The summed E-state index contributed by atoms with van der Waals surface area (Å²) >= 11 is 5.53. The lowest BCUT2D eigenvalue weighted by Gasteiger charge is -2.22. The number of hydrogen-bond donors (Lipinski definition) is 1. The molecule has 0 amide bonds. The number of nitrogens with zero attached hydrogens (tertiary/aromatic N) is 1. The fourth-order valence-corrected chi connectivity index (χ4v) is 4.98. The Kier molecular flexibility index (Phi) is 4.60. The standard InChI is InChI=1S/C14H16ClNO5S/c1-8-5-6-11(9(2)12(8)13(15)17)22(20,21)16-7-3-4-10(16)14(18)19/h5-6,10H,3-4,7H2,1-2H3,(H,18,19)/t10-/m0/s1. The van der Waals surface area contributed by atoms with Gasteiger partial charge in [0, 0.05) is 12.1 Å². The second kappa shape index (κ2) is 5.98. The maximum absolute atomic E-state index is 12.8. The molecule has 22 heavy (non-hydrogen) atoms. The third-order valence-electron chi connectivity index (χ3n) is 3.90. The van der Waals surface area contributed by atoms with E-state index in [0.29, 0.717) is 12.0 Å². The summed E-state index contributed by atoms with van der Waals surface area (Å²) in [5.74, 6) is -1.17. The van der Waals surface area contributed by atoms with E-state index < -0.39 is 27.3 Å². The van der Waals surface area contributed by atoms with Gasteiger partial charge in [0.1, 0.15) is 6.04 Å². The van der Waals surface area contributed by atoms with Crippen LogP contribution in [-0.4, -0.2) is 41.6 Å². The number of rotatable bonds is 4. The molecule has 120 valence electrons. The van der Waals surface area contributed by atoms with Crippen LogP contribution in [0.5, 0.6) is 0 Å². The Balaban J connectivity index is 2.58. The highest BCUT2D eigenvalue weighted by atomic mass is 35.5. The third kappa shape index (κ3) is 2.76. The zero-order chi connectivity index (χ0) is 16.7. The van der Waals surface area contributed by atoms with Gasteiger partial charge in [0.2, 0.25) is 10.0 Å². The Hall–Kier alpha value is -1.44. The van der Waals surface area contributed by atoms with Crippen LogP contribution < -0.4 is 0 Å². The number of carboxylic acid groups (broad SMARTS) is 1. The summed E-state index contributed by atoms with van der Waals surface area (Å²) in [5.41, 5.74) is 0.970. The average molecular weight is 346 g/mol. The molecule has 1 atom stereocenters. The normalized spacial score (nSPS) is 19.3. The molecule has 0 aromatic heterocycles. The summed E-state index contributed by atoms with van der Waals surface area (Å²) in [6.07, 6.45) is 0.767. The number of halogens is 1. The number of aryl methyl sites for hydroxylation is 1. The van der Waals surface area contributed by atoms with Gasteiger partial charge in [-0.1, -0.05) is 6.07 Å². The first-order chi connectivity index (χ1) is 10.2.